The topological polar surface area (TPSA) is 57.7 Å². The molecule has 0 aliphatic carbocycles. The Balaban J connectivity index is 2.11. The van der Waals surface area contributed by atoms with E-state index in [1.807, 2.05) is 26.2 Å². The van der Waals surface area contributed by atoms with Crippen molar-refractivity contribution in [2.24, 2.45) is 0 Å². The Labute approximate surface area is 105 Å². The van der Waals surface area contributed by atoms with Gasteiger partial charge in [0.25, 0.3) is 0 Å². The number of imidazole rings is 1. The van der Waals surface area contributed by atoms with Gasteiger partial charge in [0.15, 0.2) is 5.65 Å². The molecule has 0 atom stereocenters. The lowest BCUT2D eigenvalue weighted by Crippen LogP contribution is -2.08. The van der Waals surface area contributed by atoms with Crippen molar-refractivity contribution in [1.82, 2.24) is 19.9 Å². The van der Waals surface area contributed by atoms with Gasteiger partial charge in [0.05, 0.1) is 6.20 Å². The second kappa shape index (κ2) is 4.10. The fourth-order valence-corrected chi connectivity index (χ4v) is 1.83. The molecule has 0 aliphatic heterocycles. The van der Waals surface area contributed by atoms with E-state index in [-0.39, 0.29) is 0 Å². The predicted molar refractivity (Wildman–Crippen MR) is 71.4 cm³/mol. The van der Waals surface area contributed by atoms with Crippen molar-refractivity contribution in [2.75, 3.05) is 19.0 Å². The van der Waals surface area contributed by atoms with Crippen LogP contribution in [0.25, 0.3) is 22.6 Å². The molecule has 0 unspecified atom stereocenters. The van der Waals surface area contributed by atoms with Crippen molar-refractivity contribution in [3.8, 4) is 11.4 Å². The summed E-state index contributed by atoms with van der Waals surface area (Å²) in [4.78, 5) is 17.8. The number of fused-ring (bicyclic) bond motifs is 1. The van der Waals surface area contributed by atoms with Gasteiger partial charge in [-0.2, -0.15) is 0 Å². The number of H-pyrrole nitrogens is 1. The third-order valence-electron chi connectivity index (χ3n) is 2.80. The molecule has 2 aromatic heterocycles. The van der Waals surface area contributed by atoms with E-state index in [1.54, 1.807) is 6.20 Å². The molecule has 0 radical (unpaired) electrons. The number of nitrogens with zero attached hydrogens (tertiary/aromatic N) is 4. The Morgan fingerprint density at radius 2 is 2.11 bits per heavy atom. The van der Waals surface area contributed by atoms with E-state index in [0.717, 1.165) is 22.6 Å². The van der Waals surface area contributed by atoms with E-state index in [9.17, 15) is 0 Å². The smallest absolute Gasteiger partial charge is 0.181 e. The van der Waals surface area contributed by atoms with Gasteiger partial charge in [-0.15, -0.1) is 0 Å². The van der Waals surface area contributed by atoms with Crippen LogP contribution in [0.1, 0.15) is 0 Å². The van der Waals surface area contributed by atoms with Gasteiger partial charge in [0.2, 0.25) is 0 Å². The summed E-state index contributed by atoms with van der Waals surface area (Å²) in [5.41, 5.74) is 3.72. The molecule has 1 N–H and O–H groups in total. The van der Waals surface area contributed by atoms with Gasteiger partial charge >= 0.3 is 0 Å². The maximum Gasteiger partial charge on any atom is 0.181 e. The first kappa shape index (κ1) is 10.7. The monoisotopic (exact) mass is 239 g/mol. The standard InChI is InChI=1S/C13H13N5/c1-18(2)10-5-3-4-9(6-10)12-16-11-7-14-8-15-13(11)17-12/h3-8H,1-2H3,(H,14,15,16,17). The van der Waals surface area contributed by atoms with Gasteiger partial charge in [0, 0.05) is 25.3 Å². The van der Waals surface area contributed by atoms with Gasteiger partial charge in [-0.3, -0.25) is 0 Å². The molecule has 18 heavy (non-hydrogen) atoms. The van der Waals surface area contributed by atoms with Crippen LogP contribution in [0.15, 0.2) is 36.8 Å². The van der Waals surface area contributed by atoms with Gasteiger partial charge < -0.3 is 9.88 Å². The summed E-state index contributed by atoms with van der Waals surface area (Å²) < 4.78 is 0. The summed E-state index contributed by atoms with van der Waals surface area (Å²) in [6.07, 6.45) is 3.23. The van der Waals surface area contributed by atoms with Crippen molar-refractivity contribution in [3.63, 3.8) is 0 Å². The Morgan fingerprint density at radius 3 is 2.89 bits per heavy atom. The number of anilines is 1. The minimum Gasteiger partial charge on any atom is -0.378 e. The Kier molecular flexibility index (Phi) is 2.44. The minimum atomic E-state index is 0.690. The number of rotatable bonds is 2. The molecule has 1 aromatic carbocycles. The Bertz CT molecular complexity index is 653. The van der Waals surface area contributed by atoms with Crippen LogP contribution in [0, 0.1) is 0 Å². The first-order valence-corrected chi connectivity index (χ1v) is 5.67. The zero-order valence-electron chi connectivity index (χ0n) is 10.3. The third kappa shape index (κ3) is 1.79. The Morgan fingerprint density at radius 1 is 1.22 bits per heavy atom. The highest BCUT2D eigenvalue weighted by Crippen LogP contribution is 2.22. The highest BCUT2D eigenvalue weighted by atomic mass is 15.1. The summed E-state index contributed by atoms with van der Waals surface area (Å²) in [6.45, 7) is 0. The molecule has 0 spiro atoms. The summed E-state index contributed by atoms with van der Waals surface area (Å²) in [7, 11) is 4.03. The average Bonchev–Trinajstić information content (AvgIpc) is 2.82. The molecule has 5 nitrogen and oxygen atoms in total. The normalized spacial score (nSPS) is 10.8. The molecule has 3 aromatic rings. The number of benzene rings is 1. The molecule has 0 fully saturated rings. The van der Waals surface area contributed by atoms with Crippen molar-refractivity contribution >= 4 is 16.9 Å². The summed E-state index contributed by atoms with van der Waals surface area (Å²) in [5.74, 6) is 0.814. The lowest BCUT2D eigenvalue weighted by Gasteiger charge is -2.12. The molecular weight excluding hydrogens is 226 g/mol. The maximum atomic E-state index is 4.46. The minimum absolute atomic E-state index is 0.690. The fourth-order valence-electron chi connectivity index (χ4n) is 1.83. The SMILES string of the molecule is CN(C)c1cccc(-c2nc3ncncc3[nH]2)c1. The molecule has 2 heterocycles. The molecule has 0 saturated heterocycles. The van der Waals surface area contributed by atoms with E-state index >= 15 is 0 Å². The Hall–Kier alpha value is -2.43. The van der Waals surface area contributed by atoms with E-state index < -0.39 is 0 Å². The second-order valence-corrected chi connectivity index (χ2v) is 4.29. The number of nitrogens with one attached hydrogen (secondary N) is 1. The van der Waals surface area contributed by atoms with E-state index in [2.05, 4.69) is 37.0 Å². The zero-order valence-corrected chi connectivity index (χ0v) is 10.3. The van der Waals surface area contributed by atoms with Crippen LogP contribution in [0.5, 0.6) is 0 Å². The number of aromatic amines is 1. The van der Waals surface area contributed by atoms with Crippen LogP contribution >= 0.6 is 0 Å². The van der Waals surface area contributed by atoms with E-state index in [1.165, 1.54) is 6.33 Å². The summed E-state index contributed by atoms with van der Waals surface area (Å²) >= 11 is 0. The zero-order chi connectivity index (χ0) is 12.5. The van der Waals surface area contributed by atoms with Gasteiger partial charge in [0.1, 0.15) is 17.7 Å². The fraction of sp³-hybridized carbons (Fsp3) is 0.154. The predicted octanol–water partition coefficient (Wildman–Crippen LogP) is 2.09. The average molecular weight is 239 g/mol. The van der Waals surface area contributed by atoms with Crippen LogP contribution in [-0.4, -0.2) is 34.0 Å². The molecule has 90 valence electrons. The van der Waals surface area contributed by atoms with Crippen LogP contribution in [0.4, 0.5) is 5.69 Å². The second-order valence-electron chi connectivity index (χ2n) is 4.29. The van der Waals surface area contributed by atoms with Crippen LogP contribution < -0.4 is 4.90 Å². The molecule has 5 heteroatoms. The largest absolute Gasteiger partial charge is 0.378 e. The van der Waals surface area contributed by atoms with Crippen LogP contribution in [0.3, 0.4) is 0 Å². The van der Waals surface area contributed by atoms with E-state index in [4.69, 9.17) is 0 Å². The van der Waals surface area contributed by atoms with Crippen LogP contribution in [-0.2, 0) is 0 Å². The van der Waals surface area contributed by atoms with Crippen LogP contribution in [0.2, 0.25) is 0 Å². The molecule has 3 rings (SSSR count). The maximum absolute atomic E-state index is 4.46. The van der Waals surface area contributed by atoms with Crippen molar-refractivity contribution in [2.45, 2.75) is 0 Å². The van der Waals surface area contributed by atoms with Gasteiger partial charge in [-0.25, -0.2) is 15.0 Å². The lowest BCUT2D eigenvalue weighted by molar-refractivity contribution is 1.13. The van der Waals surface area contributed by atoms with Crippen molar-refractivity contribution in [1.29, 1.82) is 0 Å². The number of hydrogen-bond acceptors (Lipinski definition) is 4. The molecule has 0 aliphatic rings. The summed E-state index contributed by atoms with van der Waals surface area (Å²) in [6, 6.07) is 8.19. The molecule has 0 amide bonds. The summed E-state index contributed by atoms with van der Waals surface area (Å²) in [5, 5.41) is 0. The van der Waals surface area contributed by atoms with Gasteiger partial charge in [-0.05, 0) is 12.1 Å². The van der Waals surface area contributed by atoms with Gasteiger partial charge in [-0.1, -0.05) is 12.1 Å². The van der Waals surface area contributed by atoms with E-state index in [0.29, 0.717) is 5.65 Å². The number of aromatic nitrogens is 4. The first-order chi connectivity index (χ1) is 8.74. The highest BCUT2D eigenvalue weighted by Gasteiger charge is 2.06. The first-order valence-electron chi connectivity index (χ1n) is 5.67. The molecule has 0 saturated carbocycles. The quantitative estimate of drug-likeness (QED) is 0.744. The molecular formula is C13H13N5. The molecule has 0 bridgehead atoms. The third-order valence-corrected chi connectivity index (χ3v) is 2.80. The van der Waals surface area contributed by atoms with Crippen molar-refractivity contribution < 1.29 is 0 Å². The highest BCUT2D eigenvalue weighted by molar-refractivity contribution is 5.75. The van der Waals surface area contributed by atoms with Crippen molar-refractivity contribution in [3.05, 3.63) is 36.8 Å². The lowest BCUT2D eigenvalue weighted by atomic mass is 10.2. The number of hydrogen-bond donors (Lipinski definition) is 1.